The van der Waals surface area contributed by atoms with Crippen LogP contribution in [0.2, 0.25) is 10.0 Å². The van der Waals surface area contributed by atoms with Gasteiger partial charge in [-0.3, -0.25) is 0 Å². The van der Waals surface area contributed by atoms with Crippen molar-refractivity contribution in [1.82, 2.24) is 9.71 Å². The summed E-state index contributed by atoms with van der Waals surface area (Å²) in [7, 11) is -3.60. The molecule has 1 N–H and O–H groups in total. The van der Waals surface area contributed by atoms with Crippen molar-refractivity contribution in [3.63, 3.8) is 0 Å². The Morgan fingerprint density at radius 3 is 2.63 bits per heavy atom. The van der Waals surface area contributed by atoms with Gasteiger partial charge >= 0.3 is 0 Å². The quantitative estimate of drug-likeness (QED) is 0.932. The van der Waals surface area contributed by atoms with E-state index in [0.717, 1.165) is 9.88 Å². The first-order valence-electron chi connectivity index (χ1n) is 5.24. The van der Waals surface area contributed by atoms with E-state index in [4.69, 9.17) is 23.2 Å². The van der Waals surface area contributed by atoms with E-state index in [2.05, 4.69) is 9.71 Å². The Morgan fingerprint density at radius 2 is 2.05 bits per heavy atom. The minimum Gasteiger partial charge on any atom is -0.250 e. The fourth-order valence-corrected chi connectivity index (χ4v) is 3.60. The number of hydrogen-bond donors (Lipinski definition) is 1. The van der Waals surface area contributed by atoms with Crippen LogP contribution < -0.4 is 4.72 Å². The molecule has 1 aromatic carbocycles. The summed E-state index contributed by atoms with van der Waals surface area (Å²) in [6.45, 7) is 2.07. The number of benzene rings is 1. The Bertz CT molecular complexity index is 698. The van der Waals surface area contributed by atoms with Crippen molar-refractivity contribution in [2.75, 3.05) is 0 Å². The van der Waals surface area contributed by atoms with Crippen molar-refractivity contribution in [2.45, 2.75) is 18.4 Å². The minimum atomic E-state index is -3.60. The van der Waals surface area contributed by atoms with Gasteiger partial charge in [-0.05, 0) is 25.1 Å². The molecule has 4 nitrogen and oxygen atoms in total. The van der Waals surface area contributed by atoms with E-state index >= 15 is 0 Å². The molecule has 0 unspecified atom stereocenters. The Balaban J connectivity index is 2.16. The third-order valence-electron chi connectivity index (χ3n) is 2.31. The molecule has 2 aromatic rings. The molecule has 1 aromatic heterocycles. The van der Waals surface area contributed by atoms with E-state index in [0.29, 0.717) is 5.02 Å². The first kappa shape index (κ1) is 14.7. The Hall–Kier alpha value is -0.660. The molecule has 0 atom stereocenters. The highest BCUT2D eigenvalue weighted by molar-refractivity contribution is 7.89. The number of hydrogen-bond acceptors (Lipinski definition) is 4. The number of rotatable bonds is 4. The molecule has 0 aliphatic heterocycles. The number of aromatic nitrogens is 1. The highest BCUT2D eigenvalue weighted by atomic mass is 35.5. The number of sulfonamides is 1. The van der Waals surface area contributed by atoms with E-state index in [1.54, 1.807) is 6.20 Å². The van der Waals surface area contributed by atoms with Crippen LogP contribution in [0.5, 0.6) is 0 Å². The zero-order valence-corrected chi connectivity index (χ0v) is 13.0. The molecule has 0 saturated carbocycles. The van der Waals surface area contributed by atoms with Crippen LogP contribution in [0.4, 0.5) is 0 Å². The van der Waals surface area contributed by atoms with Gasteiger partial charge in [0.2, 0.25) is 10.0 Å². The lowest BCUT2D eigenvalue weighted by Gasteiger charge is -2.06. The van der Waals surface area contributed by atoms with E-state index in [1.807, 2.05) is 6.92 Å². The predicted octanol–water partition coefficient (Wildman–Crippen LogP) is 3.24. The average molecular weight is 337 g/mol. The Labute approximate surface area is 125 Å². The molecule has 0 amide bonds. The van der Waals surface area contributed by atoms with Crippen molar-refractivity contribution in [2.24, 2.45) is 0 Å². The third kappa shape index (κ3) is 3.67. The summed E-state index contributed by atoms with van der Waals surface area (Å²) in [6, 6.07) is 4.19. The molecule has 1 heterocycles. The van der Waals surface area contributed by atoms with Crippen molar-refractivity contribution in [3.8, 4) is 0 Å². The molecule has 0 fully saturated rings. The summed E-state index contributed by atoms with van der Waals surface area (Å²) in [5.41, 5.74) is 0. The fourth-order valence-electron chi connectivity index (χ4n) is 1.38. The summed E-state index contributed by atoms with van der Waals surface area (Å²) in [5, 5.41) is 1.42. The average Bonchev–Trinajstić information content (AvgIpc) is 2.76. The number of aryl methyl sites for hydroxylation is 1. The maximum Gasteiger partial charge on any atom is 0.240 e. The smallest absolute Gasteiger partial charge is 0.240 e. The summed E-state index contributed by atoms with van der Waals surface area (Å²) in [6.07, 6.45) is 1.65. The van der Waals surface area contributed by atoms with Gasteiger partial charge in [0, 0.05) is 17.6 Å². The van der Waals surface area contributed by atoms with Crippen LogP contribution in [0.1, 0.15) is 9.88 Å². The molecule has 102 valence electrons. The minimum absolute atomic E-state index is 0.0862. The van der Waals surface area contributed by atoms with Crippen LogP contribution in [0, 0.1) is 6.92 Å². The van der Waals surface area contributed by atoms with E-state index in [-0.39, 0.29) is 16.5 Å². The summed E-state index contributed by atoms with van der Waals surface area (Å²) >= 11 is 13.0. The van der Waals surface area contributed by atoms with Crippen LogP contribution in [0.15, 0.2) is 29.3 Å². The second-order valence-corrected chi connectivity index (χ2v) is 7.65. The van der Waals surface area contributed by atoms with Gasteiger partial charge < -0.3 is 0 Å². The van der Waals surface area contributed by atoms with Gasteiger partial charge in [0.25, 0.3) is 0 Å². The van der Waals surface area contributed by atoms with Gasteiger partial charge in [-0.25, -0.2) is 18.1 Å². The first-order valence-corrected chi connectivity index (χ1v) is 8.30. The zero-order valence-electron chi connectivity index (χ0n) is 9.85. The molecule has 0 spiro atoms. The van der Waals surface area contributed by atoms with Crippen molar-refractivity contribution in [1.29, 1.82) is 0 Å². The van der Waals surface area contributed by atoms with Gasteiger partial charge in [0.1, 0.15) is 0 Å². The van der Waals surface area contributed by atoms with Gasteiger partial charge in [-0.2, -0.15) is 0 Å². The molecule has 0 radical (unpaired) electrons. The molecule has 19 heavy (non-hydrogen) atoms. The largest absolute Gasteiger partial charge is 0.250 e. The van der Waals surface area contributed by atoms with Crippen LogP contribution in [-0.4, -0.2) is 13.4 Å². The van der Waals surface area contributed by atoms with Gasteiger partial charge in [0.15, 0.2) is 0 Å². The summed E-state index contributed by atoms with van der Waals surface area (Å²) in [5.74, 6) is 0. The lowest BCUT2D eigenvalue weighted by molar-refractivity contribution is 0.582. The van der Waals surface area contributed by atoms with E-state index in [9.17, 15) is 8.42 Å². The molecule has 0 saturated heterocycles. The van der Waals surface area contributed by atoms with Crippen LogP contribution >= 0.6 is 34.5 Å². The second-order valence-electron chi connectivity index (χ2n) is 3.75. The zero-order chi connectivity index (χ0) is 14.0. The van der Waals surface area contributed by atoms with Crippen LogP contribution in [0.3, 0.4) is 0 Å². The predicted molar refractivity (Wildman–Crippen MR) is 77.3 cm³/mol. The monoisotopic (exact) mass is 336 g/mol. The summed E-state index contributed by atoms with van der Waals surface area (Å²) in [4.78, 5) is 5.00. The van der Waals surface area contributed by atoms with Crippen LogP contribution in [0.25, 0.3) is 0 Å². The standard InChI is InChI=1S/C11H10Cl2N2O2S2/c1-7-14-5-8(18-7)6-15-19(16,17)9-2-3-10(12)11(13)4-9/h2-5,15H,6H2,1H3. The Morgan fingerprint density at radius 1 is 1.32 bits per heavy atom. The first-order chi connectivity index (χ1) is 8.88. The van der Waals surface area contributed by atoms with E-state index in [1.165, 1.54) is 29.5 Å². The molecule has 0 aliphatic rings. The number of nitrogens with one attached hydrogen (secondary N) is 1. The molecule has 8 heteroatoms. The van der Waals surface area contributed by atoms with Crippen LogP contribution in [-0.2, 0) is 16.6 Å². The molecule has 0 bridgehead atoms. The maximum absolute atomic E-state index is 12.0. The maximum atomic E-state index is 12.0. The molecule has 0 aliphatic carbocycles. The SMILES string of the molecule is Cc1ncc(CNS(=O)(=O)c2ccc(Cl)c(Cl)c2)s1. The topological polar surface area (TPSA) is 59.1 Å². The highest BCUT2D eigenvalue weighted by Gasteiger charge is 2.15. The normalized spacial score (nSPS) is 11.7. The van der Waals surface area contributed by atoms with Gasteiger partial charge in [-0.1, -0.05) is 23.2 Å². The highest BCUT2D eigenvalue weighted by Crippen LogP contribution is 2.24. The van der Waals surface area contributed by atoms with Crippen molar-refractivity contribution < 1.29 is 8.42 Å². The second kappa shape index (κ2) is 5.76. The molecular formula is C11H10Cl2N2O2S2. The van der Waals surface area contributed by atoms with E-state index < -0.39 is 10.0 Å². The lowest BCUT2D eigenvalue weighted by Crippen LogP contribution is -2.22. The van der Waals surface area contributed by atoms with Crippen molar-refractivity contribution >= 4 is 44.6 Å². The third-order valence-corrected chi connectivity index (χ3v) is 5.36. The lowest BCUT2D eigenvalue weighted by atomic mass is 10.4. The van der Waals surface area contributed by atoms with Crippen molar-refractivity contribution in [3.05, 3.63) is 44.3 Å². The number of thiazole rings is 1. The van der Waals surface area contributed by atoms with Gasteiger partial charge in [0.05, 0.1) is 19.9 Å². The molecule has 2 rings (SSSR count). The Kier molecular flexibility index (Phi) is 4.47. The fraction of sp³-hybridized carbons (Fsp3) is 0.182. The number of nitrogens with zero attached hydrogens (tertiary/aromatic N) is 1. The number of halogens is 2. The van der Waals surface area contributed by atoms with Gasteiger partial charge in [-0.15, -0.1) is 11.3 Å². The molecular weight excluding hydrogens is 327 g/mol. The summed E-state index contributed by atoms with van der Waals surface area (Å²) < 4.78 is 26.6.